The summed E-state index contributed by atoms with van der Waals surface area (Å²) in [7, 11) is 0. The van der Waals surface area contributed by atoms with E-state index in [9.17, 15) is 14.4 Å². The van der Waals surface area contributed by atoms with E-state index < -0.39 is 12.1 Å². The van der Waals surface area contributed by atoms with E-state index in [2.05, 4.69) is 31.9 Å². The molecule has 3 aromatic rings. The van der Waals surface area contributed by atoms with Crippen LogP contribution in [0.3, 0.4) is 0 Å². The van der Waals surface area contributed by atoms with Gasteiger partial charge in [0.15, 0.2) is 6.61 Å². The maximum Gasteiger partial charge on any atom is 0.315 e. The maximum absolute atomic E-state index is 13.2. The number of nitrogens with one attached hydrogen (secondary N) is 3. The molecule has 0 spiro atoms. The average Bonchev–Trinajstić information content (AvgIpc) is 2.90. The van der Waals surface area contributed by atoms with E-state index in [1.165, 1.54) is 0 Å². The van der Waals surface area contributed by atoms with E-state index in [-0.39, 0.29) is 25.0 Å². The molecule has 3 N–H and O–H groups in total. The summed E-state index contributed by atoms with van der Waals surface area (Å²) in [6.07, 6.45) is 1.39. The molecule has 0 bridgehead atoms. The van der Waals surface area contributed by atoms with Crippen molar-refractivity contribution in [1.29, 1.82) is 0 Å². The Labute approximate surface area is 241 Å². The van der Waals surface area contributed by atoms with Gasteiger partial charge in [0, 0.05) is 34.0 Å². The predicted octanol–water partition coefficient (Wildman–Crippen LogP) is 5.73. The number of urea groups is 1. The molecule has 1 heterocycles. The molecule has 39 heavy (non-hydrogen) atoms. The molecule has 1 saturated heterocycles. The van der Waals surface area contributed by atoms with Crippen molar-refractivity contribution in [2.75, 3.05) is 23.4 Å². The quantitative estimate of drug-likeness (QED) is 0.302. The normalized spacial score (nSPS) is 15.0. The summed E-state index contributed by atoms with van der Waals surface area (Å²) in [5.41, 5.74) is 4.40. The molecule has 0 aromatic heterocycles. The summed E-state index contributed by atoms with van der Waals surface area (Å²) in [5.74, 6) is 0.133. The molecule has 8 nitrogen and oxygen atoms in total. The van der Waals surface area contributed by atoms with Crippen LogP contribution in [0.5, 0.6) is 5.75 Å². The van der Waals surface area contributed by atoms with Gasteiger partial charge >= 0.3 is 6.03 Å². The van der Waals surface area contributed by atoms with Gasteiger partial charge in [0.25, 0.3) is 5.91 Å². The monoisotopic (exact) mass is 612 g/mol. The summed E-state index contributed by atoms with van der Waals surface area (Å²) >= 11 is 9.35. The number of anilines is 2. The van der Waals surface area contributed by atoms with E-state index in [1.807, 2.05) is 26.0 Å². The summed E-state index contributed by atoms with van der Waals surface area (Å²) in [6, 6.07) is 16.9. The number of amides is 4. The van der Waals surface area contributed by atoms with Crippen molar-refractivity contribution in [2.24, 2.45) is 0 Å². The van der Waals surface area contributed by atoms with Crippen LogP contribution < -0.4 is 25.6 Å². The van der Waals surface area contributed by atoms with E-state index in [1.54, 1.807) is 53.4 Å². The molecule has 0 aliphatic carbocycles. The Bertz CT molecular complexity index is 1330. The topological polar surface area (TPSA) is 99.8 Å². The van der Waals surface area contributed by atoms with Crippen LogP contribution in [0, 0.1) is 13.8 Å². The van der Waals surface area contributed by atoms with Crippen molar-refractivity contribution in [3.05, 3.63) is 86.8 Å². The van der Waals surface area contributed by atoms with Gasteiger partial charge in [-0.25, -0.2) is 4.79 Å². The first-order valence-corrected chi connectivity index (χ1v) is 13.8. The van der Waals surface area contributed by atoms with E-state index in [4.69, 9.17) is 16.3 Å². The fourth-order valence-corrected chi connectivity index (χ4v) is 5.35. The highest BCUT2D eigenvalue weighted by atomic mass is 79.9. The van der Waals surface area contributed by atoms with Crippen LogP contribution >= 0.6 is 27.5 Å². The molecule has 1 aliphatic heterocycles. The Balaban J connectivity index is 1.24. The van der Waals surface area contributed by atoms with Gasteiger partial charge < -0.3 is 25.6 Å². The first-order chi connectivity index (χ1) is 18.7. The number of aryl methyl sites for hydroxylation is 2. The third kappa shape index (κ3) is 7.74. The summed E-state index contributed by atoms with van der Waals surface area (Å²) in [4.78, 5) is 39.7. The van der Waals surface area contributed by atoms with Crippen LogP contribution in [0.2, 0.25) is 5.02 Å². The lowest BCUT2D eigenvalue weighted by atomic mass is 10.0. The van der Waals surface area contributed by atoms with Gasteiger partial charge in [-0.1, -0.05) is 39.7 Å². The van der Waals surface area contributed by atoms with Crippen molar-refractivity contribution in [2.45, 2.75) is 39.3 Å². The maximum atomic E-state index is 13.2. The molecule has 1 unspecified atom stereocenters. The first kappa shape index (κ1) is 28.4. The first-order valence-electron chi connectivity index (χ1n) is 12.6. The highest BCUT2D eigenvalue weighted by Crippen LogP contribution is 2.31. The summed E-state index contributed by atoms with van der Waals surface area (Å²) < 4.78 is 6.52. The number of ether oxygens (including phenoxy) is 1. The molecular weight excluding hydrogens is 584 g/mol. The second-order valence-corrected chi connectivity index (χ2v) is 10.7. The summed E-state index contributed by atoms with van der Waals surface area (Å²) in [5, 5.41) is 8.96. The molecule has 10 heteroatoms. The lowest BCUT2D eigenvalue weighted by Crippen LogP contribution is -2.54. The SMILES string of the molecule is Cc1cc(Br)cc(C)c1N1CCCC(NC(=O)NCc2ccc(OCC(=O)Nc3ccc(Cl)cc3)cc2)C1=O. The van der Waals surface area contributed by atoms with Crippen molar-refractivity contribution < 1.29 is 19.1 Å². The number of carbonyl (C=O) groups is 3. The van der Waals surface area contributed by atoms with Gasteiger partial charge in [-0.2, -0.15) is 0 Å². The van der Waals surface area contributed by atoms with Crippen molar-refractivity contribution in [1.82, 2.24) is 10.6 Å². The van der Waals surface area contributed by atoms with Gasteiger partial charge in [0.2, 0.25) is 5.91 Å². The van der Waals surface area contributed by atoms with Crippen LogP contribution in [-0.4, -0.2) is 37.0 Å². The smallest absolute Gasteiger partial charge is 0.315 e. The van der Waals surface area contributed by atoms with E-state index in [0.29, 0.717) is 29.4 Å². The predicted molar refractivity (Wildman–Crippen MR) is 156 cm³/mol. The minimum Gasteiger partial charge on any atom is -0.484 e. The molecular formula is C29H30BrClN4O4. The number of nitrogens with zero attached hydrogens (tertiary/aromatic N) is 1. The van der Waals surface area contributed by atoms with Gasteiger partial charge in [-0.05, 0) is 91.9 Å². The molecule has 4 rings (SSSR count). The second-order valence-electron chi connectivity index (χ2n) is 9.39. The fraction of sp³-hybridized carbons (Fsp3) is 0.276. The Morgan fingerprint density at radius 3 is 2.38 bits per heavy atom. The number of hydrogen-bond donors (Lipinski definition) is 3. The van der Waals surface area contributed by atoms with E-state index >= 15 is 0 Å². The zero-order chi connectivity index (χ0) is 27.9. The van der Waals surface area contributed by atoms with Gasteiger partial charge in [-0.15, -0.1) is 0 Å². The second kappa shape index (κ2) is 13.0. The number of rotatable bonds is 8. The Morgan fingerprint density at radius 2 is 1.72 bits per heavy atom. The highest BCUT2D eigenvalue weighted by molar-refractivity contribution is 9.10. The molecule has 204 valence electrons. The third-order valence-corrected chi connectivity index (χ3v) is 7.05. The standard InChI is InChI=1S/C29H30BrClN4O4/c1-18-14-21(30)15-19(2)27(18)35-13-3-4-25(28(35)37)34-29(38)32-16-20-5-11-24(12-6-20)39-17-26(36)33-23-9-7-22(31)8-10-23/h5-12,14-15,25H,3-4,13,16-17H2,1-2H3,(H,33,36)(H2,32,34,38). The number of carbonyl (C=O) groups excluding carboxylic acids is 3. The van der Waals surface area contributed by atoms with Gasteiger partial charge in [-0.3, -0.25) is 9.59 Å². The van der Waals surface area contributed by atoms with Gasteiger partial charge in [0.05, 0.1) is 0 Å². The van der Waals surface area contributed by atoms with Crippen LogP contribution in [0.25, 0.3) is 0 Å². The Hall–Kier alpha value is -3.56. The van der Waals surface area contributed by atoms with Crippen LogP contribution in [0.15, 0.2) is 65.1 Å². The summed E-state index contributed by atoms with van der Waals surface area (Å²) in [6.45, 7) is 4.72. The zero-order valence-electron chi connectivity index (χ0n) is 21.7. The fourth-order valence-electron chi connectivity index (χ4n) is 4.53. The molecule has 4 amide bonds. The number of piperidine rings is 1. The van der Waals surface area contributed by atoms with Crippen molar-refractivity contribution in [3.8, 4) is 5.75 Å². The average molecular weight is 614 g/mol. The number of halogens is 2. The molecule has 1 atom stereocenters. The zero-order valence-corrected chi connectivity index (χ0v) is 24.1. The van der Waals surface area contributed by atoms with E-state index in [0.717, 1.165) is 33.3 Å². The van der Waals surface area contributed by atoms with Crippen LogP contribution in [0.1, 0.15) is 29.5 Å². The third-order valence-electron chi connectivity index (χ3n) is 6.34. The van der Waals surface area contributed by atoms with Crippen LogP contribution in [-0.2, 0) is 16.1 Å². The van der Waals surface area contributed by atoms with Gasteiger partial charge in [0.1, 0.15) is 11.8 Å². The molecule has 0 radical (unpaired) electrons. The lowest BCUT2D eigenvalue weighted by Gasteiger charge is -2.34. The molecule has 0 saturated carbocycles. The lowest BCUT2D eigenvalue weighted by molar-refractivity contribution is -0.121. The number of benzene rings is 3. The minimum absolute atomic E-state index is 0.105. The Kier molecular flexibility index (Phi) is 9.48. The molecule has 3 aromatic carbocycles. The van der Waals surface area contributed by atoms with Crippen molar-refractivity contribution in [3.63, 3.8) is 0 Å². The Morgan fingerprint density at radius 1 is 1.05 bits per heavy atom. The minimum atomic E-state index is -0.587. The largest absolute Gasteiger partial charge is 0.484 e. The molecule has 1 aliphatic rings. The number of hydrogen-bond acceptors (Lipinski definition) is 4. The van der Waals surface area contributed by atoms with Crippen molar-refractivity contribution >= 4 is 56.8 Å². The highest BCUT2D eigenvalue weighted by Gasteiger charge is 2.32. The van der Waals surface area contributed by atoms with Crippen LogP contribution in [0.4, 0.5) is 16.2 Å². The molecule has 1 fully saturated rings.